The van der Waals surface area contributed by atoms with Crippen molar-refractivity contribution in [2.45, 2.75) is 11.5 Å². The van der Waals surface area contributed by atoms with Crippen LogP contribution in [0.15, 0.2) is 0 Å². The summed E-state index contributed by atoms with van der Waals surface area (Å²) in [6, 6.07) is 1.12. The maximum absolute atomic E-state index is 5.80. The van der Waals surface area contributed by atoms with Gasteiger partial charge in [0.05, 0.1) is 5.50 Å². The van der Waals surface area contributed by atoms with Gasteiger partial charge in [0.25, 0.3) is 0 Å². The quantitative estimate of drug-likeness (QED) is 0.241. The molecule has 0 aliphatic rings. The molecule has 9 heavy (non-hydrogen) atoms. The number of halogens is 1. The Labute approximate surface area is 64.8 Å². The van der Waals surface area contributed by atoms with Crippen LogP contribution in [-0.2, 0) is 0 Å². The Morgan fingerprint density at radius 3 is 2.67 bits per heavy atom. The van der Waals surface area contributed by atoms with Crippen LogP contribution in [0.1, 0.15) is 0 Å². The van der Waals surface area contributed by atoms with Crippen molar-refractivity contribution in [3.8, 4) is 0 Å². The van der Waals surface area contributed by atoms with Crippen LogP contribution in [0, 0.1) is 0 Å². The highest BCUT2D eigenvalue weighted by atomic mass is 35.5. The standard InChI is InChI=1S/C5H15ClN2Si/c1-7-2-3-8-5(6)4-9/h5,7-8H,2-4H2,1,9H3. The van der Waals surface area contributed by atoms with Crippen molar-refractivity contribution < 1.29 is 0 Å². The van der Waals surface area contributed by atoms with Crippen molar-refractivity contribution in [3.05, 3.63) is 0 Å². The third-order valence-corrected chi connectivity index (χ3v) is 2.90. The van der Waals surface area contributed by atoms with E-state index >= 15 is 0 Å². The van der Waals surface area contributed by atoms with E-state index in [4.69, 9.17) is 11.6 Å². The van der Waals surface area contributed by atoms with Gasteiger partial charge in [0.1, 0.15) is 0 Å². The van der Waals surface area contributed by atoms with Crippen molar-refractivity contribution in [2.24, 2.45) is 0 Å². The van der Waals surface area contributed by atoms with Crippen LogP contribution in [0.4, 0.5) is 0 Å². The number of likely N-dealkylation sites (N-methyl/N-ethyl adjacent to an activating group) is 1. The average Bonchev–Trinajstić information content (AvgIpc) is 1.89. The fourth-order valence-corrected chi connectivity index (χ4v) is 0.896. The lowest BCUT2D eigenvalue weighted by molar-refractivity contribution is 0.642. The van der Waals surface area contributed by atoms with E-state index in [0.29, 0.717) is 0 Å². The van der Waals surface area contributed by atoms with Gasteiger partial charge >= 0.3 is 0 Å². The van der Waals surface area contributed by atoms with E-state index in [1.54, 1.807) is 0 Å². The lowest BCUT2D eigenvalue weighted by Crippen LogP contribution is -2.30. The number of hydrogen-bond acceptors (Lipinski definition) is 2. The first-order valence-corrected chi connectivity index (χ1v) is 5.18. The zero-order chi connectivity index (χ0) is 7.11. The molecule has 0 aromatic rings. The Bertz CT molecular complexity index is 62.9. The Balaban J connectivity index is 2.88. The van der Waals surface area contributed by atoms with Gasteiger partial charge in [-0.1, -0.05) is 0 Å². The number of nitrogens with one attached hydrogen (secondary N) is 2. The molecule has 56 valence electrons. The summed E-state index contributed by atoms with van der Waals surface area (Å²) in [5.41, 5.74) is 0.199. The molecule has 1 atom stereocenters. The van der Waals surface area contributed by atoms with Gasteiger partial charge in [0.15, 0.2) is 0 Å². The highest BCUT2D eigenvalue weighted by Crippen LogP contribution is 1.92. The third-order valence-electron chi connectivity index (χ3n) is 1.10. The average molecular weight is 167 g/mol. The van der Waals surface area contributed by atoms with Gasteiger partial charge in [-0.2, -0.15) is 0 Å². The molecule has 0 rings (SSSR count). The molecule has 0 saturated heterocycles. The summed E-state index contributed by atoms with van der Waals surface area (Å²) in [6.07, 6.45) is 0. The van der Waals surface area contributed by atoms with Crippen LogP contribution in [-0.4, -0.2) is 35.9 Å². The van der Waals surface area contributed by atoms with E-state index in [9.17, 15) is 0 Å². The van der Waals surface area contributed by atoms with Gasteiger partial charge in [-0.15, -0.1) is 11.6 Å². The zero-order valence-electron chi connectivity index (χ0n) is 6.08. The molecular weight excluding hydrogens is 152 g/mol. The molecule has 0 bridgehead atoms. The number of rotatable bonds is 5. The SMILES string of the molecule is CNCCNC(Cl)C[SiH3]. The van der Waals surface area contributed by atoms with E-state index in [1.807, 2.05) is 7.05 Å². The summed E-state index contributed by atoms with van der Waals surface area (Å²) < 4.78 is 0. The zero-order valence-corrected chi connectivity index (χ0v) is 8.83. The second-order valence-electron chi connectivity index (χ2n) is 1.93. The molecular formula is C5H15ClN2Si. The summed E-state index contributed by atoms with van der Waals surface area (Å²) in [4.78, 5) is 0. The molecule has 0 saturated carbocycles. The summed E-state index contributed by atoms with van der Waals surface area (Å²) in [7, 11) is 3.11. The van der Waals surface area contributed by atoms with Crippen molar-refractivity contribution in [1.82, 2.24) is 10.6 Å². The lowest BCUT2D eigenvalue weighted by Gasteiger charge is -2.07. The maximum Gasteiger partial charge on any atom is 0.0794 e. The van der Waals surface area contributed by atoms with Crippen LogP contribution in [0.25, 0.3) is 0 Å². The fourth-order valence-electron chi connectivity index (χ4n) is 0.498. The fraction of sp³-hybridized carbons (Fsp3) is 1.00. The number of alkyl halides is 1. The van der Waals surface area contributed by atoms with Crippen LogP contribution < -0.4 is 10.6 Å². The van der Waals surface area contributed by atoms with Crippen LogP contribution >= 0.6 is 11.6 Å². The molecule has 4 heteroatoms. The van der Waals surface area contributed by atoms with Crippen molar-refractivity contribution in [3.63, 3.8) is 0 Å². The second kappa shape index (κ2) is 6.55. The largest absolute Gasteiger partial charge is 0.318 e. The molecule has 0 heterocycles. The number of hydrogen-bond donors (Lipinski definition) is 2. The first-order chi connectivity index (χ1) is 4.31. The molecule has 0 fully saturated rings. The molecule has 0 aromatic carbocycles. The summed E-state index contributed by atoms with van der Waals surface area (Å²) in [6.45, 7) is 1.96. The molecule has 0 radical (unpaired) electrons. The molecule has 0 aliphatic carbocycles. The Kier molecular flexibility index (Phi) is 6.86. The summed E-state index contributed by atoms with van der Waals surface area (Å²) >= 11 is 5.80. The molecule has 0 aromatic heterocycles. The van der Waals surface area contributed by atoms with Gasteiger partial charge in [-0.05, 0) is 13.1 Å². The van der Waals surface area contributed by atoms with E-state index in [-0.39, 0.29) is 5.50 Å². The van der Waals surface area contributed by atoms with Crippen molar-refractivity contribution in [2.75, 3.05) is 20.1 Å². The van der Waals surface area contributed by atoms with Gasteiger partial charge < -0.3 is 10.6 Å². The van der Waals surface area contributed by atoms with E-state index < -0.39 is 0 Å². The Morgan fingerprint density at radius 1 is 1.56 bits per heavy atom. The monoisotopic (exact) mass is 166 g/mol. The van der Waals surface area contributed by atoms with Gasteiger partial charge in [-0.25, -0.2) is 0 Å². The third kappa shape index (κ3) is 6.31. The smallest absolute Gasteiger partial charge is 0.0794 e. The van der Waals surface area contributed by atoms with E-state index in [2.05, 4.69) is 10.6 Å². The minimum atomic E-state index is 0.199. The van der Waals surface area contributed by atoms with Crippen molar-refractivity contribution in [1.29, 1.82) is 0 Å². The first-order valence-electron chi connectivity index (χ1n) is 3.33. The minimum absolute atomic E-state index is 0.199. The maximum atomic E-state index is 5.80. The summed E-state index contributed by atoms with van der Waals surface area (Å²) in [5, 5.41) is 6.21. The van der Waals surface area contributed by atoms with E-state index in [0.717, 1.165) is 19.1 Å². The molecule has 0 spiro atoms. The first kappa shape index (κ1) is 9.43. The minimum Gasteiger partial charge on any atom is -0.318 e. The van der Waals surface area contributed by atoms with Crippen LogP contribution in [0.2, 0.25) is 6.04 Å². The van der Waals surface area contributed by atoms with E-state index in [1.165, 1.54) is 10.2 Å². The predicted octanol–water partition coefficient (Wildman–Crippen LogP) is -0.856. The normalized spacial score (nSPS) is 14.0. The highest BCUT2D eigenvalue weighted by molar-refractivity contribution is 6.24. The van der Waals surface area contributed by atoms with Crippen LogP contribution in [0.3, 0.4) is 0 Å². The summed E-state index contributed by atoms with van der Waals surface area (Å²) in [5.74, 6) is 0. The molecule has 1 unspecified atom stereocenters. The molecule has 2 N–H and O–H groups in total. The highest BCUT2D eigenvalue weighted by Gasteiger charge is 1.95. The Morgan fingerprint density at radius 2 is 2.22 bits per heavy atom. The van der Waals surface area contributed by atoms with Gasteiger partial charge in [0.2, 0.25) is 0 Å². The lowest BCUT2D eigenvalue weighted by atomic mass is 10.6. The van der Waals surface area contributed by atoms with Crippen molar-refractivity contribution >= 4 is 21.8 Å². The Hall–Kier alpha value is 0.427. The second-order valence-corrected chi connectivity index (χ2v) is 3.28. The van der Waals surface area contributed by atoms with Gasteiger partial charge in [-0.3, -0.25) is 0 Å². The molecule has 0 aliphatic heterocycles. The topological polar surface area (TPSA) is 24.1 Å². The van der Waals surface area contributed by atoms with Crippen LogP contribution in [0.5, 0.6) is 0 Å². The predicted molar refractivity (Wildman–Crippen MR) is 46.3 cm³/mol. The molecule has 2 nitrogen and oxygen atoms in total. The molecule has 0 amide bonds. The van der Waals surface area contributed by atoms with Gasteiger partial charge in [0, 0.05) is 23.3 Å².